The van der Waals surface area contributed by atoms with E-state index in [-0.39, 0.29) is 7.55 Å². The lowest BCUT2D eigenvalue weighted by molar-refractivity contribution is 0.890. The van der Waals surface area contributed by atoms with Crippen LogP contribution in [-0.2, 0) is 0 Å². The average molecular weight is 130 g/mol. The Morgan fingerprint density at radius 2 is 2.38 bits per heavy atom. The minimum absolute atomic E-state index is 0.0210. The summed E-state index contributed by atoms with van der Waals surface area (Å²) in [4.78, 5) is 0. The van der Waals surface area contributed by atoms with Crippen LogP contribution >= 0.6 is 7.55 Å². The van der Waals surface area contributed by atoms with Crippen molar-refractivity contribution in [2.45, 2.75) is 0 Å². The first-order valence-electron chi connectivity index (χ1n) is 2.60. The van der Waals surface area contributed by atoms with Crippen molar-refractivity contribution in [2.75, 3.05) is 19.5 Å². The predicted molar refractivity (Wildman–Crippen MR) is 43.0 cm³/mol. The fourth-order valence-corrected chi connectivity index (χ4v) is 0.868. The van der Waals surface area contributed by atoms with Crippen LogP contribution in [0, 0.1) is 0 Å². The standard InChI is InChI=1S/C6H13NP/c1-4-5-7-6-8(2)3/h4,7H,1-2,5-6H2,3H3/q+1. The van der Waals surface area contributed by atoms with E-state index in [0.29, 0.717) is 0 Å². The molecule has 0 aliphatic rings. The third kappa shape index (κ3) is 5.87. The molecule has 0 saturated heterocycles. The van der Waals surface area contributed by atoms with Crippen LogP contribution in [0.2, 0.25) is 0 Å². The van der Waals surface area contributed by atoms with Crippen LogP contribution in [0.5, 0.6) is 0 Å². The molecule has 46 valence electrons. The maximum atomic E-state index is 3.88. The molecule has 1 unspecified atom stereocenters. The molecular weight excluding hydrogens is 117 g/mol. The van der Waals surface area contributed by atoms with Crippen LogP contribution < -0.4 is 5.32 Å². The van der Waals surface area contributed by atoms with Gasteiger partial charge in [-0.15, -0.1) is 6.58 Å². The molecule has 0 saturated carbocycles. The lowest BCUT2D eigenvalue weighted by Gasteiger charge is -1.89. The molecule has 1 nitrogen and oxygen atoms in total. The topological polar surface area (TPSA) is 12.0 Å². The first-order chi connectivity index (χ1) is 3.77. The Hall–Kier alpha value is -0.130. The molecule has 0 aliphatic heterocycles. The first-order valence-corrected chi connectivity index (χ1v) is 4.76. The highest BCUT2D eigenvalue weighted by molar-refractivity contribution is 7.54. The second-order valence-electron chi connectivity index (χ2n) is 1.76. The molecule has 0 fully saturated rings. The molecule has 0 aromatic rings. The van der Waals surface area contributed by atoms with Crippen molar-refractivity contribution < 1.29 is 0 Å². The van der Waals surface area contributed by atoms with Crippen LogP contribution in [0.3, 0.4) is 0 Å². The molecule has 0 heterocycles. The van der Waals surface area contributed by atoms with Gasteiger partial charge >= 0.3 is 0 Å². The summed E-state index contributed by atoms with van der Waals surface area (Å²) in [6.45, 7) is 6.63. The SMILES string of the molecule is C=CCNC[P+](=C)C. The van der Waals surface area contributed by atoms with Gasteiger partial charge in [-0.25, -0.2) is 0 Å². The van der Waals surface area contributed by atoms with Crippen molar-refractivity contribution in [1.82, 2.24) is 5.32 Å². The van der Waals surface area contributed by atoms with Gasteiger partial charge in [0.25, 0.3) is 0 Å². The minimum atomic E-state index is -0.0210. The second kappa shape index (κ2) is 5.02. The summed E-state index contributed by atoms with van der Waals surface area (Å²) < 4.78 is 0. The summed E-state index contributed by atoms with van der Waals surface area (Å²) >= 11 is 0. The Balaban J connectivity index is 2.93. The Morgan fingerprint density at radius 3 is 2.75 bits per heavy atom. The summed E-state index contributed by atoms with van der Waals surface area (Å²) in [7, 11) is -0.0210. The normalized spacial score (nSPS) is 10.9. The minimum Gasteiger partial charge on any atom is -0.276 e. The molecular formula is C6H13NP+. The molecule has 0 spiro atoms. The second-order valence-corrected chi connectivity index (χ2v) is 3.79. The Labute approximate surface area is 52.2 Å². The summed E-state index contributed by atoms with van der Waals surface area (Å²) in [5, 5.41) is 3.18. The Bertz CT molecular complexity index is 88.5. The van der Waals surface area contributed by atoms with Gasteiger partial charge in [0.15, 0.2) is 6.29 Å². The molecule has 0 rings (SSSR count). The monoisotopic (exact) mass is 130 g/mol. The Morgan fingerprint density at radius 1 is 1.75 bits per heavy atom. The van der Waals surface area contributed by atoms with E-state index < -0.39 is 0 Å². The van der Waals surface area contributed by atoms with E-state index in [2.05, 4.69) is 24.9 Å². The van der Waals surface area contributed by atoms with Gasteiger partial charge in [0.2, 0.25) is 0 Å². The molecule has 0 radical (unpaired) electrons. The van der Waals surface area contributed by atoms with Gasteiger partial charge < -0.3 is 0 Å². The zero-order valence-corrected chi connectivity index (χ0v) is 6.25. The summed E-state index contributed by atoms with van der Waals surface area (Å²) in [5.41, 5.74) is 0. The maximum Gasteiger partial charge on any atom is 0.156 e. The van der Waals surface area contributed by atoms with Crippen LogP contribution in [0.1, 0.15) is 0 Å². The highest BCUT2D eigenvalue weighted by Crippen LogP contribution is 2.07. The quantitative estimate of drug-likeness (QED) is 0.343. The van der Waals surface area contributed by atoms with E-state index >= 15 is 0 Å². The molecule has 1 atom stereocenters. The fourth-order valence-electron chi connectivity index (χ4n) is 0.357. The highest BCUT2D eigenvalue weighted by Gasteiger charge is 1.90. The van der Waals surface area contributed by atoms with Crippen molar-refractivity contribution in [3.05, 3.63) is 12.7 Å². The fraction of sp³-hybridized carbons (Fsp3) is 0.500. The predicted octanol–water partition coefficient (Wildman–Crippen LogP) is 1.26. The Kier molecular flexibility index (Phi) is 4.93. The number of nitrogens with one attached hydrogen (secondary N) is 1. The van der Waals surface area contributed by atoms with Gasteiger partial charge in [0.05, 0.1) is 20.5 Å². The van der Waals surface area contributed by atoms with Crippen LogP contribution in [0.15, 0.2) is 12.7 Å². The van der Waals surface area contributed by atoms with Gasteiger partial charge in [-0.1, -0.05) is 6.08 Å². The van der Waals surface area contributed by atoms with Crippen molar-refractivity contribution in [3.63, 3.8) is 0 Å². The van der Waals surface area contributed by atoms with Gasteiger partial charge in [-0.3, -0.25) is 5.32 Å². The summed E-state index contributed by atoms with van der Waals surface area (Å²) in [6.07, 6.45) is 6.78. The number of hydrogen-bond acceptors (Lipinski definition) is 1. The van der Waals surface area contributed by atoms with E-state index in [1.807, 2.05) is 6.08 Å². The molecule has 8 heavy (non-hydrogen) atoms. The van der Waals surface area contributed by atoms with Crippen LogP contribution in [0.4, 0.5) is 0 Å². The van der Waals surface area contributed by atoms with Crippen LogP contribution in [0.25, 0.3) is 0 Å². The molecule has 1 N–H and O–H groups in total. The largest absolute Gasteiger partial charge is 0.276 e. The van der Waals surface area contributed by atoms with Gasteiger partial charge in [-0.05, 0) is 0 Å². The molecule has 0 amide bonds. The molecule has 0 aromatic heterocycles. The van der Waals surface area contributed by atoms with Gasteiger partial charge in [0.1, 0.15) is 0 Å². The summed E-state index contributed by atoms with van der Waals surface area (Å²) in [5.74, 6) is 0. The zero-order chi connectivity index (χ0) is 6.41. The van der Waals surface area contributed by atoms with Crippen molar-refractivity contribution in [2.24, 2.45) is 0 Å². The first kappa shape index (κ1) is 7.87. The number of hydrogen-bond donors (Lipinski definition) is 1. The molecule has 0 aromatic carbocycles. The number of rotatable bonds is 4. The molecule has 2 heteroatoms. The lowest BCUT2D eigenvalue weighted by Crippen LogP contribution is -2.11. The van der Waals surface area contributed by atoms with Gasteiger partial charge in [0, 0.05) is 6.54 Å². The van der Waals surface area contributed by atoms with E-state index in [4.69, 9.17) is 0 Å². The van der Waals surface area contributed by atoms with E-state index in [9.17, 15) is 0 Å². The van der Waals surface area contributed by atoms with E-state index in [0.717, 1.165) is 12.8 Å². The van der Waals surface area contributed by atoms with Crippen molar-refractivity contribution >= 4 is 13.8 Å². The lowest BCUT2D eigenvalue weighted by atomic mass is 10.6. The average Bonchev–Trinajstić information content (AvgIpc) is 1.66. The van der Waals surface area contributed by atoms with Gasteiger partial charge in [-0.2, -0.15) is 0 Å². The van der Waals surface area contributed by atoms with E-state index in [1.54, 1.807) is 0 Å². The highest BCUT2D eigenvalue weighted by atomic mass is 31.1. The summed E-state index contributed by atoms with van der Waals surface area (Å²) in [6, 6.07) is 0. The van der Waals surface area contributed by atoms with E-state index in [1.165, 1.54) is 0 Å². The third-order valence-corrected chi connectivity index (χ3v) is 1.43. The third-order valence-electron chi connectivity index (χ3n) is 0.670. The molecule has 0 bridgehead atoms. The van der Waals surface area contributed by atoms with Crippen molar-refractivity contribution in [3.8, 4) is 0 Å². The smallest absolute Gasteiger partial charge is 0.156 e. The molecule has 0 aliphatic carbocycles. The maximum absolute atomic E-state index is 3.88. The van der Waals surface area contributed by atoms with Crippen LogP contribution in [-0.4, -0.2) is 25.8 Å². The van der Waals surface area contributed by atoms with Crippen molar-refractivity contribution in [1.29, 1.82) is 0 Å². The zero-order valence-electron chi connectivity index (χ0n) is 5.35.